The highest BCUT2D eigenvalue weighted by Gasteiger charge is 2.19. The molecule has 0 heterocycles. The first-order valence-electron chi connectivity index (χ1n) is 5.78. The molecule has 0 bridgehead atoms. The van der Waals surface area contributed by atoms with Gasteiger partial charge in [-0.3, -0.25) is 9.52 Å². The van der Waals surface area contributed by atoms with E-state index in [-0.39, 0.29) is 4.90 Å². The summed E-state index contributed by atoms with van der Waals surface area (Å²) in [6, 6.07) is 11.7. The second-order valence-electron chi connectivity index (χ2n) is 4.19. The Balaban J connectivity index is 2.50. The summed E-state index contributed by atoms with van der Waals surface area (Å²) in [7, 11) is -3.72. The molecule has 2 aromatic carbocycles. The topological polar surface area (TPSA) is 63.2 Å². The largest absolute Gasteiger partial charge is 0.298 e. The van der Waals surface area contributed by atoms with Gasteiger partial charge in [0.1, 0.15) is 4.90 Å². The van der Waals surface area contributed by atoms with Crippen LogP contribution in [-0.2, 0) is 10.0 Å². The molecule has 6 heteroatoms. The number of aryl methyl sites for hydroxylation is 1. The minimum atomic E-state index is -3.72. The maximum Gasteiger partial charge on any atom is 0.262 e. The molecule has 2 rings (SSSR count). The van der Waals surface area contributed by atoms with Gasteiger partial charge in [-0.05, 0) is 53.3 Å². The third-order valence-electron chi connectivity index (χ3n) is 2.79. The SMILES string of the molecule is Cc1cccc(C=O)c1NS(=O)(=O)c1ccccc1I. The number of aldehydes is 1. The maximum absolute atomic E-state index is 12.4. The van der Waals surface area contributed by atoms with Crippen LogP contribution in [-0.4, -0.2) is 14.7 Å². The summed E-state index contributed by atoms with van der Waals surface area (Å²) in [6.45, 7) is 1.75. The summed E-state index contributed by atoms with van der Waals surface area (Å²) in [5.74, 6) is 0. The van der Waals surface area contributed by atoms with Crippen LogP contribution in [0.2, 0.25) is 0 Å². The number of hydrogen-bond donors (Lipinski definition) is 1. The van der Waals surface area contributed by atoms with Crippen LogP contribution >= 0.6 is 22.6 Å². The molecule has 0 radical (unpaired) electrons. The Kier molecular flexibility index (Phi) is 4.44. The molecule has 0 atom stereocenters. The number of halogens is 1. The molecular weight excluding hydrogens is 389 g/mol. The fourth-order valence-corrected chi connectivity index (χ4v) is 4.28. The number of rotatable bonds is 4. The van der Waals surface area contributed by atoms with Crippen molar-refractivity contribution in [2.75, 3.05) is 4.72 Å². The van der Waals surface area contributed by atoms with E-state index in [4.69, 9.17) is 0 Å². The van der Waals surface area contributed by atoms with Gasteiger partial charge in [-0.15, -0.1) is 0 Å². The number of carbonyl (C=O) groups is 1. The van der Waals surface area contributed by atoms with Gasteiger partial charge < -0.3 is 0 Å². The first kappa shape index (κ1) is 15.0. The van der Waals surface area contributed by atoms with E-state index in [1.54, 1.807) is 43.3 Å². The lowest BCUT2D eigenvalue weighted by Crippen LogP contribution is -2.16. The molecule has 0 amide bonds. The second-order valence-corrected chi connectivity index (χ2v) is 7.01. The minimum Gasteiger partial charge on any atom is -0.298 e. The van der Waals surface area contributed by atoms with Gasteiger partial charge in [-0.1, -0.05) is 24.3 Å². The number of para-hydroxylation sites is 1. The molecule has 0 fully saturated rings. The van der Waals surface area contributed by atoms with Gasteiger partial charge in [0.25, 0.3) is 10.0 Å². The van der Waals surface area contributed by atoms with Crippen molar-refractivity contribution in [3.05, 3.63) is 57.2 Å². The molecule has 1 N–H and O–H groups in total. The Morgan fingerprint density at radius 3 is 2.45 bits per heavy atom. The Morgan fingerprint density at radius 2 is 1.80 bits per heavy atom. The van der Waals surface area contributed by atoms with Crippen molar-refractivity contribution >= 4 is 44.6 Å². The third-order valence-corrected chi connectivity index (χ3v) is 5.51. The van der Waals surface area contributed by atoms with Crippen LogP contribution in [0.3, 0.4) is 0 Å². The number of nitrogens with one attached hydrogen (secondary N) is 1. The Bertz CT molecular complexity index is 757. The number of anilines is 1. The van der Waals surface area contributed by atoms with E-state index in [1.165, 1.54) is 6.07 Å². The van der Waals surface area contributed by atoms with Crippen molar-refractivity contribution in [1.82, 2.24) is 0 Å². The molecule has 0 aromatic heterocycles. The van der Waals surface area contributed by atoms with E-state index >= 15 is 0 Å². The lowest BCUT2D eigenvalue weighted by Gasteiger charge is -2.13. The average molecular weight is 401 g/mol. The molecular formula is C14H12INO3S. The van der Waals surface area contributed by atoms with Crippen molar-refractivity contribution in [1.29, 1.82) is 0 Å². The van der Waals surface area contributed by atoms with E-state index in [2.05, 4.69) is 4.72 Å². The smallest absolute Gasteiger partial charge is 0.262 e. The molecule has 0 unspecified atom stereocenters. The van der Waals surface area contributed by atoms with Crippen molar-refractivity contribution in [2.45, 2.75) is 11.8 Å². The molecule has 0 saturated carbocycles. The molecule has 0 spiro atoms. The highest BCUT2D eigenvalue weighted by atomic mass is 127. The lowest BCUT2D eigenvalue weighted by molar-refractivity contribution is 0.112. The fraction of sp³-hybridized carbons (Fsp3) is 0.0714. The van der Waals surface area contributed by atoms with Crippen molar-refractivity contribution in [3.63, 3.8) is 0 Å². The molecule has 0 aliphatic heterocycles. The number of sulfonamides is 1. The molecule has 20 heavy (non-hydrogen) atoms. The highest BCUT2D eigenvalue weighted by Crippen LogP contribution is 2.25. The van der Waals surface area contributed by atoms with Gasteiger partial charge in [0.05, 0.1) is 5.69 Å². The van der Waals surface area contributed by atoms with E-state index < -0.39 is 10.0 Å². The summed E-state index contributed by atoms with van der Waals surface area (Å²) in [5.41, 5.74) is 1.34. The van der Waals surface area contributed by atoms with Gasteiger partial charge in [-0.2, -0.15) is 0 Å². The van der Waals surface area contributed by atoms with Gasteiger partial charge in [0.2, 0.25) is 0 Å². The monoisotopic (exact) mass is 401 g/mol. The van der Waals surface area contributed by atoms with E-state index in [9.17, 15) is 13.2 Å². The van der Waals surface area contributed by atoms with Crippen molar-refractivity contribution in [2.24, 2.45) is 0 Å². The number of hydrogen-bond acceptors (Lipinski definition) is 3. The van der Waals surface area contributed by atoms with Crippen LogP contribution in [0.5, 0.6) is 0 Å². The molecule has 0 aliphatic carbocycles. The zero-order chi connectivity index (χ0) is 14.8. The summed E-state index contributed by atoms with van der Waals surface area (Å²) < 4.78 is 27.9. The summed E-state index contributed by atoms with van der Waals surface area (Å²) in [6.07, 6.45) is 0.640. The van der Waals surface area contributed by atoms with E-state index in [0.717, 1.165) is 0 Å². The molecule has 0 aliphatic rings. The van der Waals surface area contributed by atoms with Crippen LogP contribution in [0.15, 0.2) is 47.4 Å². The highest BCUT2D eigenvalue weighted by molar-refractivity contribution is 14.1. The zero-order valence-electron chi connectivity index (χ0n) is 10.6. The number of benzene rings is 2. The van der Waals surface area contributed by atoms with Crippen LogP contribution in [0.4, 0.5) is 5.69 Å². The average Bonchev–Trinajstić information content (AvgIpc) is 2.41. The Morgan fingerprint density at radius 1 is 1.10 bits per heavy atom. The van der Waals surface area contributed by atoms with Gasteiger partial charge in [0.15, 0.2) is 6.29 Å². The quantitative estimate of drug-likeness (QED) is 0.632. The maximum atomic E-state index is 12.4. The molecule has 104 valence electrons. The van der Waals surface area contributed by atoms with Gasteiger partial charge in [0, 0.05) is 9.13 Å². The van der Waals surface area contributed by atoms with Gasteiger partial charge >= 0.3 is 0 Å². The van der Waals surface area contributed by atoms with E-state index in [1.807, 2.05) is 22.6 Å². The lowest BCUT2D eigenvalue weighted by atomic mass is 10.1. The van der Waals surface area contributed by atoms with Crippen molar-refractivity contribution < 1.29 is 13.2 Å². The van der Waals surface area contributed by atoms with Crippen LogP contribution in [0, 0.1) is 10.5 Å². The predicted molar refractivity (Wildman–Crippen MR) is 86.5 cm³/mol. The Labute approximate surface area is 131 Å². The van der Waals surface area contributed by atoms with Crippen LogP contribution in [0.1, 0.15) is 15.9 Å². The minimum absolute atomic E-state index is 0.195. The first-order chi connectivity index (χ1) is 9.45. The zero-order valence-corrected chi connectivity index (χ0v) is 13.6. The number of carbonyl (C=O) groups excluding carboxylic acids is 1. The van der Waals surface area contributed by atoms with Crippen LogP contribution < -0.4 is 4.72 Å². The molecule has 4 nitrogen and oxygen atoms in total. The standard InChI is InChI=1S/C14H12INO3S/c1-10-5-4-6-11(9-17)14(10)16-20(18,19)13-8-3-2-7-12(13)15/h2-9,16H,1H3. The fourth-order valence-electron chi connectivity index (χ4n) is 1.78. The molecule has 0 saturated heterocycles. The van der Waals surface area contributed by atoms with Crippen LogP contribution in [0.25, 0.3) is 0 Å². The predicted octanol–water partition coefficient (Wildman–Crippen LogP) is 3.21. The first-order valence-corrected chi connectivity index (χ1v) is 8.34. The Hall–Kier alpha value is -1.41. The van der Waals surface area contributed by atoms with Crippen molar-refractivity contribution in [3.8, 4) is 0 Å². The summed E-state index contributed by atoms with van der Waals surface area (Å²) in [4.78, 5) is 11.2. The second kappa shape index (κ2) is 5.92. The summed E-state index contributed by atoms with van der Waals surface area (Å²) in [5, 5.41) is 0. The molecule has 2 aromatic rings. The normalized spacial score (nSPS) is 11.1. The summed E-state index contributed by atoms with van der Waals surface area (Å²) >= 11 is 1.97. The van der Waals surface area contributed by atoms with Gasteiger partial charge in [-0.25, -0.2) is 8.42 Å². The van der Waals surface area contributed by atoms with E-state index in [0.29, 0.717) is 26.7 Å². The third kappa shape index (κ3) is 3.01.